The number of para-hydroxylation sites is 4. The molecule has 5 heteroatoms. The first-order valence-corrected chi connectivity index (χ1v) is 14.5. The number of pyridine rings is 2. The maximum atomic E-state index is 5.00. The number of imidazole rings is 1. The molecule has 5 nitrogen and oxygen atoms in total. The first-order chi connectivity index (χ1) is 21.4. The van der Waals surface area contributed by atoms with Crippen molar-refractivity contribution in [1.82, 2.24) is 23.5 Å². The Morgan fingerprint density at radius 3 is 1.56 bits per heavy atom. The highest BCUT2D eigenvalue weighted by molar-refractivity contribution is 6.41. The van der Waals surface area contributed by atoms with Gasteiger partial charge < -0.3 is 9.13 Å². The van der Waals surface area contributed by atoms with Crippen LogP contribution < -0.4 is 0 Å². The van der Waals surface area contributed by atoms with Gasteiger partial charge in [0.25, 0.3) is 0 Å². The topological polar surface area (TPSA) is 40.1 Å². The summed E-state index contributed by atoms with van der Waals surface area (Å²) in [5, 5.41) is 8.26. The number of rotatable bonds is 2. The highest BCUT2D eigenvalue weighted by Crippen LogP contribution is 2.49. The van der Waals surface area contributed by atoms with Crippen molar-refractivity contribution in [3.05, 3.63) is 140 Å². The van der Waals surface area contributed by atoms with Crippen molar-refractivity contribution in [2.24, 2.45) is 0 Å². The molecule has 0 spiro atoms. The molecule has 43 heavy (non-hydrogen) atoms. The van der Waals surface area contributed by atoms with Crippen LogP contribution in [0, 0.1) is 0 Å². The minimum Gasteiger partial charge on any atom is -0.309 e. The van der Waals surface area contributed by atoms with Crippen LogP contribution in [0.2, 0.25) is 0 Å². The van der Waals surface area contributed by atoms with Crippen molar-refractivity contribution in [3.63, 3.8) is 0 Å². The van der Waals surface area contributed by atoms with Crippen LogP contribution in [0.15, 0.2) is 140 Å². The van der Waals surface area contributed by atoms with E-state index in [2.05, 4.69) is 129 Å². The summed E-state index contributed by atoms with van der Waals surface area (Å²) >= 11 is 0. The summed E-state index contributed by atoms with van der Waals surface area (Å²) in [7, 11) is 0. The third-order valence-corrected chi connectivity index (χ3v) is 8.90. The van der Waals surface area contributed by atoms with Gasteiger partial charge in [-0.2, -0.15) is 0 Å². The maximum Gasteiger partial charge on any atom is 0.147 e. The molecule has 10 aromatic rings. The standard InChI is InChI=1S/C38H23N5/c1-3-12-24(13-4-1)42-29-19-9-7-16-26(29)31-34-32(28-18-11-21-39-37(28)41-23-22-40-38(34)41)36-33(35(31)42)27-17-8-10-20-30(27)43(36)25-14-5-2-6-15-25/h1-23H. The normalized spacial score (nSPS) is 12.2. The van der Waals surface area contributed by atoms with Gasteiger partial charge in [0.05, 0.1) is 22.1 Å². The molecule has 0 fully saturated rings. The van der Waals surface area contributed by atoms with Crippen LogP contribution in [0.1, 0.15) is 0 Å². The molecule has 0 unspecified atom stereocenters. The van der Waals surface area contributed by atoms with E-state index in [4.69, 9.17) is 9.97 Å². The molecule has 5 heterocycles. The molecule has 0 radical (unpaired) electrons. The Balaban J connectivity index is 1.66. The van der Waals surface area contributed by atoms with Crippen LogP contribution in [0.3, 0.4) is 0 Å². The largest absolute Gasteiger partial charge is 0.309 e. The van der Waals surface area contributed by atoms with E-state index in [9.17, 15) is 0 Å². The molecule has 0 aliphatic rings. The van der Waals surface area contributed by atoms with Crippen molar-refractivity contribution in [2.75, 3.05) is 0 Å². The average Bonchev–Trinajstić information content (AvgIpc) is 3.78. The van der Waals surface area contributed by atoms with E-state index in [1.165, 1.54) is 49.0 Å². The second-order valence-electron chi connectivity index (χ2n) is 11.1. The predicted octanol–water partition coefficient (Wildman–Crippen LogP) is 9.23. The molecule has 0 saturated heterocycles. The summed E-state index contributed by atoms with van der Waals surface area (Å²) < 4.78 is 7.03. The molecule has 0 aliphatic heterocycles. The molecule has 0 bridgehead atoms. The van der Waals surface area contributed by atoms with Gasteiger partial charge in [0.15, 0.2) is 0 Å². The van der Waals surface area contributed by atoms with Crippen molar-refractivity contribution in [3.8, 4) is 11.4 Å². The van der Waals surface area contributed by atoms with Gasteiger partial charge in [0.1, 0.15) is 11.3 Å². The van der Waals surface area contributed by atoms with Gasteiger partial charge >= 0.3 is 0 Å². The first-order valence-electron chi connectivity index (χ1n) is 14.5. The summed E-state index contributed by atoms with van der Waals surface area (Å²) in [6.45, 7) is 0. The van der Waals surface area contributed by atoms with Gasteiger partial charge in [-0.25, -0.2) is 9.97 Å². The second-order valence-corrected chi connectivity index (χ2v) is 11.1. The lowest BCUT2D eigenvalue weighted by Crippen LogP contribution is -1.99. The van der Waals surface area contributed by atoms with E-state index in [1.54, 1.807) is 0 Å². The Morgan fingerprint density at radius 1 is 0.395 bits per heavy atom. The van der Waals surface area contributed by atoms with Crippen molar-refractivity contribution < 1.29 is 0 Å². The minimum absolute atomic E-state index is 0.903. The lowest BCUT2D eigenvalue weighted by atomic mass is 9.97. The predicted molar refractivity (Wildman–Crippen MR) is 177 cm³/mol. The monoisotopic (exact) mass is 549 g/mol. The van der Waals surface area contributed by atoms with Crippen LogP contribution in [-0.4, -0.2) is 23.5 Å². The lowest BCUT2D eigenvalue weighted by Gasteiger charge is -2.15. The van der Waals surface area contributed by atoms with Crippen molar-refractivity contribution in [1.29, 1.82) is 0 Å². The quantitative estimate of drug-likeness (QED) is 0.202. The molecule has 5 aromatic carbocycles. The Labute approximate surface area is 245 Å². The second kappa shape index (κ2) is 8.30. The average molecular weight is 550 g/mol. The fourth-order valence-corrected chi connectivity index (χ4v) is 7.31. The maximum absolute atomic E-state index is 5.00. The van der Waals surface area contributed by atoms with Crippen LogP contribution in [0.4, 0.5) is 0 Å². The van der Waals surface area contributed by atoms with Crippen LogP contribution in [0.5, 0.6) is 0 Å². The van der Waals surface area contributed by atoms with E-state index in [0.717, 1.165) is 33.4 Å². The van der Waals surface area contributed by atoms with Gasteiger partial charge in [-0.15, -0.1) is 0 Å². The fourth-order valence-electron chi connectivity index (χ4n) is 7.31. The SMILES string of the molecule is c1ccc(-n2c3ccccc3c3c4c(c5cccnc5n5ccnc45)c4c(c5ccccc5n4-c4ccccc4)c32)cc1. The molecule has 0 saturated carbocycles. The summed E-state index contributed by atoms with van der Waals surface area (Å²) in [4.78, 5) is 9.90. The number of fused-ring (bicyclic) bond motifs is 15. The molecule has 0 N–H and O–H groups in total. The van der Waals surface area contributed by atoms with Gasteiger partial charge in [-0.05, 0) is 48.5 Å². The van der Waals surface area contributed by atoms with Gasteiger partial charge in [0.2, 0.25) is 0 Å². The number of nitrogens with zero attached hydrogens (tertiary/aromatic N) is 5. The third-order valence-electron chi connectivity index (χ3n) is 8.90. The summed E-state index contributed by atoms with van der Waals surface area (Å²) in [6.07, 6.45) is 5.79. The van der Waals surface area contributed by atoms with Crippen LogP contribution in [0.25, 0.3) is 82.4 Å². The molecular weight excluding hydrogens is 526 g/mol. The fraction of sp³-hybridized carbons (Fsp3) is 0. The Kier molecular flexibility index (Phi) is 4.39. The zero-order valence-electron chi connectivity index (χ0n) is 23.0. The third kappa shape index (κ3) is 2.85. The first kappa shape index (κ1) is 22.7. The Morgan fingerprint density at radius 2 is 0.907 bits per heavy atom. The van der Waals surface area contributed by atoms with Gasteiger partial charge in [-0.1, -0.05) is 72.8 Å². The van der Waals surface area contributed by atoms with Crippen molar-refractivity contribution in [2.45, 2.75) is 0 Å². The van der Waals surface area contributed by atoms with E-state index < -0.39 is 0 Å². The molecule has 200 valence electrons. The highest BCUT2D eigenvalue weighted by Gasteiger charge is 2.27. The molecule has 0 amide bonds. The van der Waals surface area contributed by atoms with Gasteiger partial charge in [0, 0.05) is 67.7 Å². The number of benzene rings is 5. The Hall–Kier alpha value is -5.94. The van der Waals surface area contributed by atoms with Crippen LogP contribution in [-0.2, 0) is 0 Å². The number of hydrogen-bond donors (Lipinski definition) is 0. The molecule has 10 rings (SSSR count). The number of aromatic nitrogens is 5. The Bertz CT molecular complexity index is 2710. The smallest absolute Gasteiger partial charge is 0.147 e. The summed E-state index contributed by atoms with van der Waals surface area (Å²) in [6, 6.07) is 43.3. The zero-order valence-corrected chi connectivity index (χ0v) is 23.0. The molecule has 0 aliphatic carbocycles. The van der Waals surface area contributed by atoms with Crippen molar-refractivity contribution >= 4 is 71.1 Å². The molecule has 5 aromatic heterocycles. The molecular formula is C38H23N5. The lowest BCUT2D eigenvalue weighted by molar-refractivity contribution is 1.18. The van der Waals surface area contributed by atoms with E-state index in [1.807, 2.05) is 24.7 Å². The van der Waals surface area contributed by atoms with Gasteiger partial charge in [-0.3, -0.25) is 4.40 Å². The minimum atomic E-state index is 0.903. The van der Waals surface area contributed by atoms with E-state index >= 15 is 0 Å². The zero-order chi connectivity index (χ0) is 28.1. The van der Waals surface area contributed by atoms with E-state index in [-0.39, 0.29) is 0 Å². The highest BCUT2D eigenvalue weighted by atomic mass is 15.1. The summed E-state index contributed by atoms with van der Waals surface area (Å²) in [5.74, 6) is 0. The van der Waals surface area contributed by atoms with E-state index in [0.29, 0.717) is 0 Å². The number of hydrogen-bond acceptors (Lipinski definition) is 2. The molecule has 0 atom stereocenters. The summed E-state index contributed by atoms with van der Waals surface area (Å²) in [5.41, 5.74) is 8.76. The van der Waals surface area contributed by atoms with Crippen LogP contribution >= 0.6 is 0 Å².